The molecule has 1 fully saturated rings. The summed E-state index contributed by atoms with van der Waals surface area (Å²) in [4.78, 5) is 3.25. The molecule has 0 aromatic carbocycles. The molecule has 3 N–H and O–H groups in total. The Hall–Kier alpha value is -0.610. The third kappa shape index (κ3) is 2.00. The second kappa shape index (κ2) is 3.64. The predicted molar refractivity (Wildman–Crippen MR) is 55.3 cm³/mol. The molecule has 0 unspecified atom stereocenters. The lowest BCUT2D eigenvalue weighted by molar-refractivity contribution is 0.642. The fourth-order valence-electron chi connectivity index (χ4n) is 1.48. The molecule has 1 saturated carbocycles. The maximum absolute atomic E-state index is 5.45. The van der Waals surface area contributed by atoms with Crippen LogP contribution in [0.3, 0.4) is 0 Å². The van der Waals surface area contributed by atoms with E-state index < -0.39 is 0 Å². The van der Waals surface area contributed by atoms with E-state index in [2.05, 4.69) is 15.7 Å². The Morgan fingerprint density at radius 2 is 2.38 bits per heavy atom. The molecule has 0 spiro atoms. The average Bonchev–Trinajstić information content (AvgIpc) is 2.89. The number of nitrogens with two attached hydrogens (primary N) is 1. The van der Waals surface area contributed by atoms with Gasteiger partial charge in [-0.2, -0.15) is 0 Å². The second-order valence-corrected chi connectivity index (χ2v) is 4.01. The lowest BCUT2D eigenvalue weighted by Crippen LogP contribution is -2.04. The Bertz CT molecular complexity index is 335. The summed E-state index contributed by atoms with van der Waals surface area (Å²) in [5.74, 6) is 0.751. The SMILES string of the molecule is NCCCn1cc(C2CC2)[nH]c1=S. The summed E-state index contributed by atoms with van der Waals surface area (Å²) in [5, 5.41) is 0. The van der Waals surface area contributed by atoms with Gasteiger partial charge in [-0.3, -0.25) is 0 Å². The van der Waals surface area contributed by atoms with Crippen molar-refractivity contribution in [1.82, 2.24) is 9.55 Å². The van der Waals surface area contributed by atoms with Gasteiger partial charge in [-0.25, -0.2) is 0 Å². The van der Waals surface area contributed by atoms with Crippen molar-refractivity contribution >= 4 is 12.2 Å². The summed E-state index contributed by atoms with van der Waals surface area (Å²) in [6, 6.07) is 0. The molecule has 0 saturated heterocycles. The van der Waals surface area contributed by atoms with Gasteiger partial charge in [0.25, 0.3) is 0 Å². The number of H-pyrrole nitrogens is 1. The molecule has 13 heavy (non-hydrogen) atoms. The minimum absolute atomic E-state index is 0.728. The van der Waals surface area contributed by atoms with Crippen LogP contribution < -0.4 is 5.73 Å². The van der Waals surface area contributed by atoms with Crippen LogP contribution in [0.2, 0.25) is 0 Å². The molecule has 72 valence electrons. The molecule has 1 aromatic heterocycles. The minimum atomic E-state index is 0.728. The summed E-state index contributed by atoms with van der Waals surface area (Å²) >= 11 is 5.20. The first-order valence-corrected chi connectivity index (χ1v) is 5.21. The van der Waals surface area contributed by atoms with Crippen molar-refractivity contribution in [2.75, 3.05) is 6.54 Å². The van der Waals surface area contributed by atoms with Crippen molar-refractivity contribution in [3.8, 4) is 0 Å². The van der Waals surface area contributed by atoms with Crippen LogP contribution in [0.25, 0.3) is 0 Å². The summed E-state index contributed by atoms with van der Waals surface area (Å²) in [7, 11) is 0. The number of aromatic amines is 1. The molecule has 1 aliphatic rings. The highest BCUT2D eigenvalue weighted by Crippen LogP contribution is 2.38. The number of nitrogens with zero attached hydrogens (tertiary/aromatic N) is 1. The maximum atomic E-state index is 5.45. The molecule has 0 amide bonds. The van der Waals surface area contributed by atoms with Crippen LogP contribution in [0.1, 0.15) is 30.9 Å². The van der Waals surface area contributed by atoms with Gasteiger partial charge in [0.2, 0.25) is 0 Å². The van der Waals surface area contributed by atoms with E-state index in [0.717, 1.165) is 30.2 Å². The van der Waals surface area contributed by atoms with Crippen molar-refractivity contribution in [1.29, 1.82) is 0 Å². The van der Waals surface area contributed by atoms with Crippen LogP contribution in [0, 0.1) is 4.77 Å². The van der Waals surface area contributed by atoms with E-state index in [1.165, 1.54) is 18.5 Å². The number of rotatable bonds is 4. The molecular formula is C9H15N3S. The number of nitrogens with one attached hydrogen (secondary N) is 1. The molecule has 4 heteroatoms. The quantitative estimate of drug-likeness (QED) is 0.723. The van der Waals surface area contributed by atoms with E-state index in [0.29, 0.717) is 0 Å². The third-order valence-corrected chi connectivity index (χ3v) is 2.76. The van der Waals surface area contributed by atoms with Gasteiger partial charge in [0, 0.05) is 24.4 Å². The fraction of sp³-hybridized carbons (Fsp3) is 0.667. The highest BCUT2D eigenvalue weighted by molar-refractivity contribution is 7.71. The molecular weight excluding hydrogens is 182 g/mol. The highest BCUT2D eigenvalue weighted by Gasteiger charge is 2.25. The van der Waals surface area contributed by atoms with Gasteiger partial charge in [-0.05, 0) is 38.0 Å². The first kappa shape index (κ1) is 8.97. The molecule has 0 atom stereocenters. The first-order chi connectivity index (χ1) is 6.31. The van der Waals surface area contributed by atoms with E-state index in [-0.39, 0.29) is 0 Å². The Labute approximate surface area is 83.0 Å². The van der Waals surface area contributed by atoms with Gasteiger partial charge in [0.1, 0.15) is 0 Å². The van der Waals surface area contributed by atoms with Crippen LogP contribution in [-0.4, -0.2) is 16.1 Å². The van der Waals surface area contributed by atoms with Crippen molar-refractivity contribution < 1.29 is 0 Å². The van der Waals surface area contributed by atoms with Gasteiger partial charge in [0.15, 0.2) is 4.77 Å². The Kier molecular flexibility index (Phi) is 2.51. The standard InChI is InChI=1S/C9H15N3S/c10-4-1-5-12-6-8(7-2-3-7)11-9(12)13/h6-7H,1-5,10H2,(H,11,13). The fourth-order valence-corrected chi connectivity index (χ4v) is 1.75. The molecule has 0 bridgehead atoms. The molecule has 0 aliphatic heterocycles. The Morgan fingerprint density at radius 3 is 3.00 bits per heavy atom. The van der Waals surface area contributed by atoms with Crippen molar-refractivity contribution in [2.45, 2.75) is 31.7 Å². The summed E-state index contributed by atoms with van der Waals surface area (Å²) in [6.45, 7) is 1.67. The normalized spacial score (nSPS) is 16.4. The van der Waals surface area contributed by atoms with Crippen LogP contribution in [0.5, 0.6) is 0 Å². The van der Waals surface area contributed by atoms with Crippen LogP contribution in [0.4, 0.5) is 0 Å². The monoisotopic (exact) mass is 197 g/mol. The van der Waals surface area contributed by atoms with Crippen LogP contribution >= 0.6 is 12.2 Å². The van der Waals surface area contributed by atoms with Crippen LogP contribution in [0.15, 0.2) is 6.20 Å². The molecule has 1 aliphatic carbocycles. The van der Waals surface area contributed by atoms with Crippen molar-refractivity contribution in [3.63, 3.8) is 0 Å². The highest BCUT2D eigenvalue weighted by atomic mass is 32.1. The molecule has 1 heterocycles. The minimum Gasteiger partial charge on any atom is -0.334 e. The Morgan fingerprint density at radius 1 is 1.62 bits per heavy atom. The average molecular weight is 197 g/mol. The molecule has 3 nitrogen and oxygen atoms in total. The largest absolute Gasteiger partial charge is 0.334 e. The summed E-state index contributed by atoms with van der Waals surface area (Å²) < 4.78 is 2.94. The van der Waals surface area contributed by atoms with E-state index in [4.69, 9.17) is 18.0 Å². The second-order valence-electron chi connectivity index (χ2n) is 3.62. The van der Waals surface area contributed by atoms with Gasteiger partial charge < -0.3 is 15.3 Å². The topological polar surface area (TPSA) is 46.7 Å². The van der Waals surface area contributed by atoms with E-state index in [1.807, 2.05) is 0 Å². The molecule has 2 rings (SSSR count). The van der Waals surface area contributed by atoms with Crippen molar-refractivity contribution in [2.24, 2.45) is 5.73 Å². The van der Waals surface area contributed by atoms with Gasteiger partial charge >= 0.3 is 0 Å². The number of aromatic nitrogens is 2. The zero-order valence-corrected chi connectivity index (χ0v) is 8.44. The van der Waals surface area contributed by atoms with E-state index in [1.54, 1.807) is 0 Å². The predicted octanol–water partition coefficient (Wildman–Crippen LogP) is 1.77. The number of imidazole rings is 1. The number of aryl methyl sites for hydroxylation is 1. The third-order valence-electron chi connectivity index (χ3n) is 2.43. The lowest BCUT2D eigenvalue weighted by Gasteiger charge is -1.98. The first-order valence-electron chi connectivity index (χ1n) is 4.80. The number of hydrogen-bond acceptors (Lipinski definition) is 2. The molecule has 0 radical (unpaired) electrons. The van der Waals surface area contributed by atoms with E-state index in [9.17, 15) is 0 Å². The summed E-state index contributed by atoms with van der Waals surface area (Å²) in [5.41, 5.74) is 6.76. The number of hydrogen-bond donors (Lipinski definition) is 2. The van der Waals surface area contributed by atoms with Gasteiger partial charge in [0.05, 0.1) is 0 Å². The van der Waals surface area contributed by atoms with Gasteiger partial charge in [-0.15, -0.1) is 0 Å². The zero-order valence-electron chi connectivity index (χ0n) is 7.62. The van der Waals surface area contributed by atoms with E-state index >= 15 is 0 Å². The zero-order chi connectivity index (χ0) is 9.26. The maximum Gasteiger partial charge on any atom is 0.177 e. The lowest BCUT2D eigenvalue weighted by atomic mass is 10.3. The van der Waals surface area contributed by atoms with Gasteiger partial charge in [-0.1, -0.05) is 0 Å². The summed E-state index contributed by atoms with van der Waals surface area (Å²) in [6.07, 6.45) is 5.77. The Balaban J connectivity index is 2.11. The van der Waals surface area contributed by atoms with Crippen molar-refractivity contribution in [3.05, 3.63) is 16.7 Å². The van der Waals surface area contributed by atoms with Crippen LogP contribution in [-0.2, 0) is 6.54 Å². The molecule has 1 aromatic rings. The smallest absolute Gasteiger partial charge is 0.177 e.